The molecule has 0 unspecified atom stereocenters. The van der Waals surface area contributed by atoms with E-state index in [1.165, 1.54) is 68.0 Å². The SMILES string of the molecule is COc1ccc(S(=O)(=O)Nc2nc(-c3cccc([N+](=O)[O-])c3)cs2)cc1OC.Nc1nc(-c2cccc([N+](=O)[O-])c2)cs1. The topological polar surface area (TPSA) is 203 Å². The molecule has 5 rings (SSSR count). The summed E-state index contributed by atoms with van der Waals surface area (Å²) in [6, 6.07) is 16.5. The standard InChI is InChI=1S/C17H15N3O6S2.C9H7N3O2S/c1-25-15-7-6-13(9-16(15)26-2)28(23,24)19-17-18-14(10-27-17)11-4-3-5-12(8-11)20(21)22;10-9-11-8(5-15-9)6-2-1-3-7(4-6)12(13)14/h3-10H,1-2H3,(H,18,19);1-5H,(H2,10,11). The van der Waals surface area contributed by atoms with Crippen molar-refractivity contribution in [3.8, 4) is 34.0 Å². The second-order valence-corrected chi connectivity index (χ2v) is 11.8. The first-order chi connectivity index (χ1) is 20.5. The summed E-state index contributed by atoms with van der Waals surface area (Å²) in [6.45, 7) is 0. The van der Waals surface area contributed by atoms with Crippen molar-refractivity contribution in [3.05, 3.63) is 97.7 Å². The molecule has 0 atom stereocenters. The lowest BCUT2D eigenvalue weighted by Crippen LogP contribution is -2.13. The summed E-state index contributed by atoms with van der Waals surface area (Å²) in [7, 11) is -1.04. The molecule has 0 saturated heterocycles. The van der Waals surface area contributed by atoms with Gasteiger partial charge in [0.1, 0.15) is 0 Å². The number of nitrogens with one attached hydrogen (secondary N) is 1. The number of nitrogens with zero attached hydrogens (tertiary/aromatic N) is 4. The molecule has 5 aromatic rings. The van der Waals surface area contributed by atoms with E-state index in [2.05, 4.69) is 14.7 Å². The molecule has 3 N–H and O–H groups in total. The highest BCUT2D eigenvalue weighted by Gasteiger charge is 2.19. The minimum atomic E-state index is -3.91. The van der Waals surface area contributed by atoms with Crippen molar-refractivity contribution in [2.45, 2.75) is 4.90 Å². The summed E-state index contributed by atoms with van der Waals surface area (Å²) in [5.41, 5.74) is 7.79. The molecule has 2 heterocycles. The number of non-ortho nitro benzene ring substituents is 2. The predicted molar refractivity (Wildman–Crippen MR) is 163 cm³/mol. The van der Waals surface area contributed by atoms with Crippen molar-refractivity contribution in [1.29, 1.82) is 0 Å². The lowest BCUT2D eigenvalue weighted by molar-refractivity contribution is -0.385. The Morgan fingerprint density at radius 3 is 1.86 bits per heavy atom. The Bertz CT molecular complexity index is 1890. The number of ether oxygens (including phenoxy) is 2. The number of nitro benzene ring substituents is 2. The van der Waals surface area contributed by atoms with Gasteiger partial charge in [0.25, 0.3) is 21.4 Å². The second kappa shape index (κ2) is 13.2. The molecule has 0 spiro atoms. The summed E-state index contributed by atoms with van der Waals surface area (Å²) in [4.78, 5) is 28.8. The Balaban J connectivity index is 0.000000237. The number of anilines is 2. The molecule has 17 heteroatoms. The number of rotatable bonds is 9. The number of sulfonamides is 1. The number of benzene rings is 3. The highest BCUT2D eigenvalue weighted by molar-refractivity contribution is 7.93. The first-order valence-electron chi connectivity index (χ1n) is 11.9. The fourth-order valence-electron chi connectivity index (χ4n) is 3.59. The first kappa shape index (κ1) is 30.8. The fraction of sp³-hybridized carbons (Fsp3) is 0.0769. The highest BCUT2D eigenvalue weighted by Crippen LogP contribution is 2.32. The number of nitrogen functional groups attached to an aromatic ring is 1. The van der Waals surface area contributed by atoms with E-state index in [1.54, 1.807) is 35.0 Å². The van der Waals surface area contributed by atoms with E-state index in [-0.39, 0.29) is 27.2 Å². The van der Waals surface area contributed by atoms with Crippen LogP contribution in [0.25, 0.3) is 22.5 Å². The van der Waals surface area contributed by atoms with Gasteiger partial charge in [-0.15, -0.1) is 22.7 Å². The Morgan fingerprint density at radius 1 is 0.791 bits per heavy atom. The largest absolute Gasteiger partial charge is 0.493 e. The van der Waals surface area contributed by atoms with Gasteiger partial charge >= 0.3 is 0 Å². The van der Waals surface area contributed by atoms with Gasteiger partial charge < -0.3 is 15.2 Å². The van der Waals surface area contributed by atoms with Crippen LogP contribution in [0.2, 0.25) is 0 Å². The van der Waals surface area contributed by atoms with Crippen molar-refractivity contribution in [2.24, 2.45) is 0 Å². The molecule has 0 saturated carbocycles. The number of hydrogen-bond acceptors (Lipinski definition) is 13. The van der Waals surface area contributed by atoms with Gasteiger partial charge in [-0.05, 0) is 12.1 Å². The molecule has 3 aromatic carbocycles. The molecule has 0 radical (unpaired) electrons. The van der Waals surface area contributed by atoms with Crippen LogP contribution in [0.4, 0.5) is 21.6 Å². The van der Waals surface area contributed by atoms with Crippen LogP contribution in [0, 0.1) is 20.2 Å². The summed E-state index contributed by atoms with van der Waals surface area (Å²) in [5.74, 6) is 0.686. The van der Waals surface area contributed by atoms with Crippen molar-refractivity contribution in [3.63, 3.8) is 0 Å². The number of nitro groups is 2. The third-order valence-electron chi connectivity index (χ3n) is 5.62. The van der Waals surface area contributed by atoms with Crippen LogP contribution in [0.15, 0.2) is 82.4 Å². The molecule has 0 fully saturated rings. The monoisotopic (exact) mass is 642 g/mol. The van der Waals surface area contributed by atoms with Crippen molar-refractivity contribution in [2.75, 3.05) is 24.7 Å². The van der Waals surface area contributed by atoms with Crippen LogP contribution < -0.4 is 19.9 Å². The summed E-state index contributed by atoms with van der Waals surface area (Å²) in [6.07, 6.45) is 0. The first-order valence-corrected chi connectivity index (χ1v) is 15.2. The number of aromatic nitrogens is 2. The number of nitrogens with two attached hydrogens (primary N) is 1. The summed E-state index contributed by atoms with van der Waals surface area (Å²) < 4.78 is 37.9. The van der Waals surface area contributed by atoms with Gasteiger partial charge in [0, 0.05) is 52.2 Å². The molecular formula is C26H22N6O8S3. The molecule has 0 aliphatic carbocycles. The molecule has 43 heavy (non-hydrogen) atoms. The lowest BCUT2D eigenvalue weighted by Gasteiger charge is -2.10. The summed E-state index contributed by atoms with van der Waals surface area (Å²) >= 11 is 2.38. The van der Waals surface area contributed by atoms with Crippen LogP contribution in [0.5, 0.6) is 11.5 Å². The lowest BCUT2D eigenvalue weighted by atomic mass is 10.1. The Kier molecular flexibility index (Phi) is 9.49. The molecule has 2 aromatic heterocycles. The van der Waals surface area contributed by atoms with Gasteiger partial charge in [-0.3, -0.25) is 25.0 Å². The molecule has 222 valence electrons. The molecule has 14 nitrogen and oxygen atoms in total. The summed E-state index contributed by atoms with van der Waals surface area (Å²) in [5, 5.41) is 25.4. The van der Waals surface area contributed by atoms with Crippen molar-refractivity contribution >= 4 is 54.3 Å². The zero-order valence-corrected chi connectivity index (χ0v) is 24.8. The van der Waals surface area contributed by atoms with Gasteiger partial charge in [-0.1, -0.05) is 24.3 Å². The van der Waals surface area contributed by atoms with E-state index >= 15 is 0 Å². The van der Waals surface area contributed by atoms with E-state index in [0.29, 0.717) is 33.4 Å². The molecule has 0 aliphatic heterocycles. The van der Waals surface area contributed by atoms with E-state index in [4.69, 9.17) is 15.2 Å². The highest BCUT2D eigenvalue weighted by atomic mass is 32.2. The normalized spacial score (nSPS) is 10.7. The molecule has 0 bridgehead atoms. The van der Waals surface area contributed by atoms with E-state index in [1.807, 2.05) is 0 Å². The third-order valence-corrected chi connectivity index (χ3v) is 8.52. The number of methoxy groups -OCH3 is 2. The van der Waals surface area contributed by atoms with Crippen molar-refractivity contribution in [1.82, 2.24) is 9.97 Å². The zero-order chi connectivity index (χ0) is 31.1. The Labute approximate surface area is 252 Å². The zero-order valence-electron chi connectivity index (χ0n) is 22.4. The Morgan fingerprint density at radius 2 is 1.35 bits per heavy atom. The molecule has 0 aliphatic rings. The smallest absolute Gasteiger partial charge is 0.270 e. The van der Waals surface area contributed by atoms with Crippen LogP contribution in [-0.2, 0) is 10.0 Å². The van der Waals surface area contributed by atoms with Gasteiger partial charge in [-0.2, -0.15) is 0 Å². The van der Waals surface area contributed by atoms with E-state index < -0.39 is 19.9 Å². The van der Waals surface area contributed by atoms with Gasteiger partial charge in [0.15, 0.2) is 21.8 Å². The number of thiazole rings is 2. The van der Waals surface area contributed by atoms with Crippen LogP contribution in [0.1, 0.15) is 0 Å². The fourth-order valence-corrected chi connectivity index (χ4v) is 6.15. The van der Waals surface area contributed by atoms with Crippen LogP contribution in [-0.4, -0.2) is 42.5 Å². The van der Waals surface area contributed by atoms with Crippen LogP contribution >= 0.6 is 22.7 Å². The maximum atomic E-state index is 12.6. The maximum Gasteiger partial charge on any atom is 0.270 e. The molecular weight excluding hydrogens is 621 g/mol. The van der Waals surface area contributed by atoms with Gasteiger partial charge in [0.05, 0.1) is 40.3 Å². The van der Waals surface area contributed by atoms with Crippen molar-refractivity contribution < 1.29 is 27.7 Å². The molecule has 0 amide bonds. The quantitative estimate of drug-likeness (QED) is 0.144. The predicted octanol–water partition coefficient (Wildman–Crippen LogP) is 5.84. The van der Waals surface area contributed by atoms with Crippen LogP contribution in [0.3, 0.4) is 0 Å². The minimum Gasteiger partial charge on any atom is -0.493 e. The average Bonchev–Trinajstić information content (AvgIpc) is 3.66. The Hall–Kier alpha value is -5.13. The van der Waals surface area contributed by atoms with E-state index in [0.717, 1.165) is 11.3 Å². The number of hydrogen-bond donors (Lipinski definition) is 2. The van der Waals surface area contributed by atoms with E-state index in [9.17, 15) is 28.6 Å². The second-order valence-electron chi connectivity index (χ2n) is 8.35. The minimum absolute atomic E-state index is 0.0164. The third kappa shape index (κ3) is 7.59. The average molecular weight is 643 g/mol. The maximum absolute atomic E-state index is 12.6. The van der Waals surface area contributed by atoms with Gasteiger partial charge in [0.2, 0.25) is 0 Å². The van der Waals surface area contributed by atoms with Gasteiger partial charge in [-0.25, -0.2) is 18.4 Å².